The summed E-state index contributed by atoms with van der Waals surface area (Å²) < 4.78 is 0. The quantitative estimate of drug-likeness (QED) is 0.675. The first-order valence-electron chi connectivity index (χ1n) is 7.44. The van der Waals surface area contributed by atoms with Gasteiger partial charge in [0.15, 0.2) is 5.82 Å². The number of aromatic nitrogens is 2. The SMILES string of the molecule is NCCNc1cnc(-c2ccccc2O)nc1-c1ccccc1. The minimum absolute atomic E-state index is 0.161. The third-order valence-corrected chi connectivity index (χ3v) is 3.44. The molecule has 1 aromatic heterocycles. The number of benzene rings is 2. The average molecular weight is 306 g/mol. The summed E-state index contributed by atoms with van der Waals surface area (Å²) in [6, 6.07) is 16.9. The fourth-order valence-corrected chi connectivity index (χ4v) is 2.33. The molecule has 2 aromatic carbocycles. The van der Waals surface area contributed by atoms with E-state index in [1.54, 1.807) is 24.4 Å². The lowest BCUT2D eigenvalue weighted by atomic mass is 10.1. The van der Waals surface area contributed by atoms with Gasteiger partial charge in [-0.05, 0) is 12.1 Å². The highest BCUT2D eigenvalue weighted by molar-refractivity contribution is 5.76. The summed E-state index contributed by atoms with van der Waals surface area (Å²) in [5, 5.41) is 13.3. The van der Waals surface area contributed by atoms with Gasteiger partial charge in [0.2, 0.25) is 0 Å². The lowest BCUT2D eigenvalue weighted by Crippen LogP contribution is -2.14. The Morgan fingerprint density at radius 1 is 1.00 bits per heavy atom. The van der Waals surface area contributed by atoms with E-state index in [-0.39, 0.29) is 5.75 Å². The summed E-state index contributed by atoms with van der Waals surface area (Å²) in [5.74, 6) is 0.648. The fourth-order valence-electron chi connectivity index (χ4n) is 2.33. The summed E-state index contributed by atoms with van der Waals surface area (Å²) in [5.41, 5.74) is 8.76. The number of phenols is 1. The van der Waals surface area contributed by atoms with E-state index in [1.807, 2.05) is 36.4 Å². The third-order valence-electron chi connectivity index (χ3n) is 3.44. The van der Waals surface area contributed by atoms with Crippen molar-refractivity contribution in [2.45, 2.75) is 0 Å². The summed E-state index contributed by atoms with van der Waals surface area (Å²) in [7, 11) is 0. The summed E-state index contributed by atoms with van der Waals surface area (Å²) in [6.45, 7) is 1.16. The van der Waals surface area contributed by atoms with Crippen LogP contribution in [-0.2, 0) is 0 Å². The van der Waals surface area contributed by atoms with Crippen molar-refractivity contribution in [3.05, 3.63) is 60.8 Å². The topological polar surface area (TPSA) is 84.1 Å². The van der Waals surface area contributed by atoms with E-state index in [1.165, 1.54) is 0 Å². The Morgan fingerprint density at radius 3 is 2.48 bits per heavy atom. The standard InChI is InChI=1S/C18H18N4O/c19-10-11-20-15-12-21-18(14-8-4-5-9-16(14)23)22-17(15)13-6-2-1-3-7-13/h1-9,12,20,23H,10-11,19H2. The van der Waals surface area contributed by atoms with Gasteiger partial charge in [0.1, 0.15) is 5.75 Å². The number of anilines is 1. The van der Waals surface area contributed by atoms with Crippen LogP contribution in [0.1, 0.15) is 0 Å². The van der Waals surface area contributed by atoms with Gasteiger partial charge in [-0.1, -0.05) is 42.5 Å². The number of hydrogen-bond donors (Lipinski definition) is 3. The summed E-state index contributed by atoms with van der Waals surface area (Å²) in [6.07, 6.45) is 1.73. The molecular weight excluding hydrogens is 288 g/mol. The maximum absolute atomic E-state index is 10.0. The van der Waals surface area contributed by atoms with E-state index in [2.05, 4.69) is 15.3 Å². The number of aromatic hydroxyl groups is 1. The van der Waals surface area contributed by atoms with Crippen molar-refractivity contribution in [2.75, 3.05) is 18.4 Å². The van der Waals surface area contributed by atoms with Gasteiger partial charge in [-0.25, -0.2) is 9.97 Å². The van der Waals surface area contributed by atoms with Gasteiger partial charge in [0, 0.05) is 18.7 Å². The van der Waals surface area contributed by atoms with Gasteiger partial charge in [-0.15, -0.1) is 0 Å². The van der Waals surface area contributed by atoms with Gasteiger partial charge in [0.25, 0.3) is 0 Å². The largest absolute Gasteiger partial charge is 0.507 e. The molecule has 23 heavy (non-hydrogen) atoms. The van der Waals surface area contributed by atoms with E-state index >= 15 is 0 Å². The molecule has 3 rings (SSSR count). The second-order valence-corrected chi connectivity index (χ2v) is 5.05. The minimum Gasteiger partial charge on any atom is -0.507 e. The Balaban J connectivity index is 2.10. The molecular formula is C18H18N4O. The van der Waals surface area contributed by atoms with Crippen LogP contribution in [0.3, 0.4) is 0 Å². The Kier molecular flexibility index (Phi) is 4.49. The van der Waals surface area contributed by atoms with Crippen molar-refractivity contribution in [1.82, 2.24) is 9.97 Å². The van der Waals surface area contributed by atoms with E-state index in [0.29, 0.717) is 24.5 Å². The first-order chi connectivity index (χ1) is 11.3. The van der Waals surface area contributed by atoms with Crippen LogP contribution in [0.2, 0.25) is 0 Å². The van der Waals surface area contributed by atoms with Crippen LogP contribution in [0.5, 0.6) is 5.75 Å². The highest BCUT2D eigenvalue weighted by Gasteiger charge is 2.12. The van der Waals surface area contributed by atoms with E-state index in [9.17, 15) is 5.11 Å². The van der Waals surface area contributed by atoms with Gasteiger partial charge >= 0.3 is 0 Å². The van der Waals surface area contributed by atoms with Gasteiger partial charge in [0.05, 0.1) is 23.1 Å². The van der Waals surface area contributed by atoms with Crippen molar-refractivity contribution < 1.29 is 5.11 Å². The van der Waals surface area contributed by atoms with Crippen LogP contribution < -0.4 is 11.1 Å². The number of nitrogens with one attached hydrogen (secondary N) is 1. The van der Waals surface area contributed by atoms with Crippen LogP contribution in [0.15, 0.2) is 60.8 Å². The van der Waals surface area contributed by atoms with Crippen LogP contribution in [0.25, 0.3) is 22.6 Å². The molecule has 0 aliphatic heterocycles. The van der Waals surface area contributed by atoms with Crippen LogP contribution in [-0.4, -0.2) is 28.2 Å². The molecule has 0 aliphatic rings. The smallest absolute Gasteiger partial charge is 0.163 e. The van der Waals surface area contributed by atoms with Crippen molar-refractivity contribution >= 4 is 5.69 Å². The first-order valence-corrected chi connectivity index (χ1v) is 7.44. The molecule has 0 fully saturated rings. The zero-order chi connectivity index (χ0) is 16.1. The predicted molar refractivity (Wildman–Crippen MR) is 92.1 cm³/mol. The molecule has 0 atom stereocenters. The molecule has 0 unspecified atom stereocenters. The number of phenolic OH excluding ortho intramolecular Hbond substituents is 1. The van der Waals surface area contributed by atoms with Gasteiger partial charge in [-0.3, -0.25) is 0 Å². The molecule has 5 nitrogen and oxygen atoms in total. The predicted octanol–water partition coefficient (Wildman–Crippen LogP) is 2.89. The molecule has 0 spiro atoms. The Bertz CT molecular complexity index is 790. The maximum atomic E-state index is 10.0. The van der Waals surface area contributed by atoms with Crippen molar-refractivity contribution in [1.29, 1.82) is 0 Å². The number of para-hydroxylation sites is 1. The molecule has 3 aromatic rings. The number of hydrogen-bond acceptors (Lipinski definition) is 5. The molecule has 0 radical (unpaired) electrons. The van der Waals surface area contributed by atoms with Crippen LogP contribution in [0, 0.1) is 0 Å². The second-order valence-electron chi connectivity index (χ2n) is 5.05. The normalized spacial score (nSPS) is 10.5. The molecule has 4 N–H and O–H groups in total. The molecule has 5 heteroatoms. The molecule has 0 saturated carbocycles. The minimum atomic E-state index is 0.161. The molecule has 0 bridgehead atoms. The average Bonchev–Trinajstić information content (AvgIpc) is 2.61. The number of nitrogens with zero attached hydrogens (tertiary/aromatic N) is 2. The highest BCUT2D eigenvalue weighted by Crippen LogP contribution is 2.31. The maximum Gasteiger partial charge on any atom is 0.163 e. The fraction of sp³-hybridized carbons (Fsp3) is 0.111. The Hall–Kier alpha value is -2.92. The monoisotopic (exact) mass is 306 g/mol. The first kappa shape index (κ1) is 15.0. The molecule has 0 aliphatic carbocycles. The number of rotatable bonds is 5. The second kappa shape index (κ2) is 6.89. The van der Waals surface area contributed by atoms with Crippen molar-refractivity contribution in [2.24, 2.45) is 5.73 Å². The number of nitrogens with two attached hydrogens (primary N) is 1. The van der Waals surface area contributed by atoms with E-state index in [0.717, 1.165) is 16.9 Å². The zero-order valence-electron chi connectivity index (χ0n) is 12.6. The van der Waals surface area contributed by atoms with E-state index in [4.69, 9.17) is 5.73 Å². The van der Waals surface area contributed by atoms with Crippen LogP contribution in [0.4, 0.5) is 5.69 Å². The zero-order valence-corrected chi connectivity index (χ0v) is 12.6. The lowest BCUT2D eigenvalue weighted by Gasteiger charge is -2.12. The van der Waals surface area contributed by atoms with Crippen molar-refractivity contribution in [3.63, 3.8) is 0 Å². The Labute approximate surface area is 134 Å². The summed E-state index contributed by atoms with van der Waals surface area (Å²) >= 11 is 0. The van der Waals surface area contributed by atoms with Crippen LogP contribution >= 0.6 is 0 Å². The summed E-state index contributed by atoms with van der Waals surface area (Å²) in [4.78, 5) is 9.03. The lowest BCUT2D eigenvalue weighted by molar-refractivity contribution is 0.477. The molecule has 1 heterocycles. The van der Waals surface area contributed by atoms with Gasteiger partial charge < -0.3 is 16.2 Å². The molecule has 0 saturated heterocycles. The van der Waals surface area contributed by atoms with Crippen molar-refractivity contribution in [3.8, 4) is 28.4 Å². The molecule has 116 valence electrons. The Morgan fingerprint density at radius 2 is 1.74 bits per heavy atom. The van der Waals surface area contributed by atoms with Gasteiger partial charge in [-0.2, -0.15) is 0 Å². The highest BCUT2D eigenvalue weighted by atomic mass is 16.3. The third kappa shape index (κ3) is 3.30. The van der Waals surface area contributed by atoms with E-state index < -0.39 is 0 Å². The molecule has 0 amide bonds.